The van der Waals surface area contributed by atoms with Crippen molar-refractivity contribution < 1.29 is 24.0 Å². The number of amides is 5. The van der Waals surface area contributed by atoms with Crippen LogP contribution < -0.4 is 15.5 Å². The number of hydrogen-bond donors (Lipinski definition) is 2. The molecule has 0 aliphatic carbocycles. The lowest BCUT2D eigenvalue weighted by Gasteiger charge is -2.43. The summed E-state index contributed by atoms with van der Waals surface area (Å²) in [6.07, 6.45) is 21.3. The summed E-state index contributed by atoms with van der Waals surface area (Å²) >= 11 is 0. The number of hydrogen-bond acceptors (Lipinski definition) is 11. The van der Waals surface area contributed by atoms with Gasteiger partial charge in [0, 0.05) is 114 Å². The number of nitrogens with zero attached hydrogens (tertiary/aromatic N) is 8. The third-order valence-electron chi connectivity index (χ3n) is 14.5. The van der Waals surface area contributed by atoms with Crippen molar-refractivity contribution in [2.45, 2.75) is 115 Å². The van der Waals surface area contributed by atoms with Crippen LogP contribution in [0.3, 0.4) is 0 Å². The van der Waals surface area contributed by atoms with Crippen LogP contribution in [0.15, 0.2) is 60.9 Å². The largest absolute Gasteiger partial charge is 0.355 e. The molecule has 15 nitrogen and oxygen atoms in total. The van der Waals surface area contributed by atoms with Crippen molar-refractivity contribution in [3.05, 3.63) is 88.9 Å². The number of anilines is 1. The maximum absolute atomic E-state index is 13.3. The lowest BCUT2D eigenvalue weighted by molar-refractivity contribution is -0.137. The second-order valence-electron chi connectivity index (χ2n) is 19.1. The number of piperazine rings is 1. The second-order valence-corrected chi connectivity index (χ2v) is 19.1. The Balaban J connectivity index is 0.642. The fourth-order valence-electron chi connectivity index (χ4n) is 10.4. The highest BCUT2D eigenvalue weighted by atomic mass is 16.2. The van der Waals surface area contributed by atoms with E-state index >= 15 is 0 Å². The lowest BCUT2D eigenvalue weighted by atomic mass is 9.91. The lowest BCUT2D eigenvalue weighted by Crippen LogP contribution is -2.53. The van der Waals surface area contributed by atoms with Gasteiger partial charge in [-0.15, -0.1) is 10.2 Å². The molecule has 2 N–H and O–H groups in total. The molecule has 0 saturated carbocycles. The molecule has 5 amide bonds. The molecule has 8 rings (SSSR count). The number of carbonyl (C=O) groups is 5. The quantitative estimate of drug-likeness (QED) is 0.0721. The topological polar surface area (TPSA) is 164 Å². The molecule has 1 aromatic carbocycles. The summed E-state index contributed by atoms with van der Waals surface area (Å²) in [6, 6.07) is 13.2. The van der Waals surface area contributed by atoms with Crippen LogP contribution in [0.25, 0.3) is 6.08 Å². The number of unbranched alkanes of at least 4 members (excludes halogenated alkanes) is 6. The van der Waals surface area contributed by atoms with Crippen molar-refractivity contribution in [3.63, 3.8) is 0 Å². The molecule has 68 heavy (non-hydrogen) atoms. The summed E-state index contributed by atoms with van der Waals surface area (Å²) in [5.41, 5.74) is 3.66. The molecule has 4 saturated heterocycles. The maximum Gasteiger partial charge on any atom is 0.274 e. The van der Waals surface area contributed by atoms with Gasteiger partial charge in [0.25, 0.3) is 11.8 Å². The van der Waals surface area contributed by atoms with Crippen LogP contribution in [0.4, 0.5) is 5.82 Å². The normalized spacial score (nSPS) is 19.8. The molecular formula is C53H68N10O5. The van der Waals surface area contributed by atoms with Crippen molar-refractivity contribution in [1.82, 2.24) is 45.4 Å². The van der Waals surface area contributed by atoms with E-state index in [1.165, 1.54) is 19.3 Å². The van der Waals surface area contributed by atoms with Gasteiger partial charge in [0.2, 0.25) is 17.7 Å². The number of imide groups is 1. The van der Waals surface area contributed by atoms with E-state index in [0.29, 0.717) is 42.7 Å². The zero-order valence-corrected chi connectivity index (χ0v) is 39.6. The summed E-state index contributed by atoms with van der Waals surface area (Å²) in [6.45, 7) is 10.0. The Morgan fingerprint density at radius 2 is 1.62 bits per heavy atom. The van der Waals surface area contributed by atoms with Gasteiger partial charge >= 0.3 is 0 Å². The van der Waals surface area contributed by atoms with Crippen LogP contribution in [-0.4, -0.2) is 142 Å². The molecule has 4 fully saturated rings. The summed E-state index contributed by atoms with van der Waals surface area (Å²) in [7, 11) is 0. The van der Waals surface area contributed by atoms with E-state index in [9.17, 15) is 24.0 Å². The highest BCUT2D eigenvalue weighted by molar-refractivity contribution is 6.05. The van der Waals surface area contributed by atoms with Gasteiger partial charge in [-0.05, 0) is 111 Å². The first-order chi connectivity index (χ1) is 33.3. The molecule has 0 bridgehead atoms. The van der Waals surface area contributed by atoms with Crippen LogP contribution in [0.1, 0.15) is 134 Å². The smallest absolute Gasteiger partial charge is 0.274 e. The first-order valence-corrected chi connectivity index (χ1v) is 25.2. The molecule has 360 valence electrons. The van der Waals surface area contributed by atoms with Gasteiger partial charge in [-0.1, -0.05) is 56.1 Å². The third kappa shape index (κ3) is 13.2. The number of piperidine rings is 3. The fraction of sp³-hybridized carbons (Fsp3) is 0.547. The minimum absolute atomic E-state index is 0.0297. The molecule has 0 radical (unpaired) electrons. The minimum Gasteiger partial charge on any atom is -0.355 e. The second kappa shape index (κ2) is 24.3. The zero-order chi connectivity index (χ0) is 47.1. The SMILES string of the molecule is O=C(/C=C/c1cccnc1)NCCCCC1CCN(C(=O)c2ccc(N3CCC(N4CCN(CCCCCCCC#Cc5cccc6c5CN(C5CCC(=O)NC5=O)C6=O)CC4)CC3)nn2)CC1. The molecule has 2 aromatic heterocycles. The van der Waals surface area contributed by atoms with Crippen LogP contribution >= 0.6 is 0 Å². The third-order valence-corrected chi connectivity index (χ3v) is 14.5. The van der Waals surface area contributed by atoms with Crippen molar-refractivity contribution in [1.29, 1.82) is 0 Å². The van der Waals surface area contributed by atoms with Crippen LogP contribution in [0, 0.1) is 17.8 Å². The molecule has 3 aromatic rings. The summed E-state index contributed by atoms with van der Waals surface area (Å²) in [5, 5.41) is 14.2. The van der Waals surface area contributed by atoms with Gasteiger partial charge in [0.1, 0.15) is 6.04 Å². The fourth-order valence-corrected chi connectivity index (χ4v) is 10.4. The highest BCUT2D eigenvalue weighted by Crippen LogP contribution is 2.30. The molecule has 5 aliphatic heterocycles. The average Bonchev–Trinajstić information content (AvgIpc) is 3.71. The Morgan fingerprint density at radius 3 is 2.38 bits per heavy atom. The molecule has 1 atom stereocenters. The Labute approximate surface area is 401 Å². The number of fused-ring (bicyclic) bond motifs is 1. The number of carbonyl (C=O) groups excluding carboxylic acids is 5. The van der Waals surface area contributed by atoms with Gasteiger partial charge in [0.15, 0.2) is 11.5 Å². The van der Waals surface area contributed by atoms with E-state index < -0.39 is 11.9 Å². The molecule has 7 heterocycles. The van der Waals surface area contributed by atoms with Gasteiger partial charge in [-0.2, -0.15) is 0 Å². The summed E-state index contributed by atoms with van der Waals surface area (Å²) < 4.78 is 0. The van der Waals surface area contributed by atoms with E-state index in [2.05, 4.69) is 52.4 Å². The molecular weight excluding hydrogens is 857 g/mol. The molecule has 5 aliphatic rings. The van der Waals surface area contributed by atoms with E-state index in [1.807, 2.05) is 41.3 Å². The number of pyridine rings is 1. The average molecular weight is 925 g/mol. The van der Waals surface area contributed by atoms with Gasteiger partial charge in [-0.25, -0.2) is 0 Å². The highest BCUT2D eigenvalue weighted by Gasteiger charge is 2.40. The molecule has 0 spiro atoms. The Bertz CT molecular complexity index is 2290. The monoisotopic (exact) mass is 925 g/mol. The number of aromatic nitrogens is 3. The zero-order valence-electron chi connectivity index (χ0n) is 39.6. The van der Waals surface area contributed by atoms with Crippen molar-refractivity contribution >= 4 is 41.4 Å². The predicted molar refractivity (Wildman–Crippen MR) is 261 cm³/mol. The van der Waals surface area contributed by atoms with E-state index in [0.717, 1.165) is 146 Å². The van der Waals surface area contributed by atoms with E-state index in [-0.39, 0.29) is 30.0 Å². The first kappa shape index (κ1) is 48.5. The van der Waals surface area contributed by atoms with Crippen LogP contribution in [0.5, 0.6) is 0 Å². The number of benzene rings is 1. The van der Waals surface area contributed by atoms with Crippen molar-refractivity contribution in [3.8, 4) is 11.8 Å². The summed E-state index contributed by atoms with van der Waals surface area (Å²) in [4.78, 5) is 77.8. The number of rotatable bonds is 18. The van der Waals surface area contributed by atoms with Crippen molar-refractivity contribution in [2.24, 2.45) is 5.92 Å². The van der Waals surface area contributed by atoms with Gasteiger partial charge < -0.3 is 24.9 Å². The Kier molecular flexibility index (Phi) is 17.4. The van der Waals surface area contributed by atoms with Crippen molar-refractivity contribution in [2.75, 3.05) is 70.3 Å². The minimum atomic E-state index is -0.617. The number of nitrogens with one attached hydrogen (secondary N) is 2. The molecule has 1 unspecified atom stereocenters. The van der Waals surface area contributed by atoms with Crippen LogP contribution in [-0.2, 0) is 20.9 Å². The molecule has 15 heteroatoms. The van der Waals surface area contributed by atoms with Gasteiger partial charge in [0.05, 0.1) is 0 Å². The predicted octanol–water partition coefficient (Wildman–Crippen LogP) is 5.46. The van der Waals surface area contributed by atoms with E-state index in [1.54, 1.807) is 35.5 Å². The first-order valence-electron chi connectivity index (χ1n) is 25.2. The van der Waals surface area contributed by atoms with Crippen LogP contribution in [0.2, 0.25) is 0 Å². The maximum atomic E-state index is 13.3. The van der Waals surface area contributed by atoms with Gasteiger partial charge in [-0.3, -0.25) is 39.2 Å². The standard InChI is InChI=1S/C53H68N10O5/c64-49(21-17-41-13-11-27-54-38-41)55-28-8-7-12-40-23-30-62(31-24-40)53(68)46-18-20-48(58-57-46)61-32-25-43(26-33-61)60-36-34-59(35-37-60)29-9-5-3-1-2-4-6-14-42-15-10-16-44-45(42)39-63(52(44)67)47-19-22-50(65)56-51(47)66/h10-11,13,15-18,20-21,27,38,40,43,47H,1-5,7-9,12,19,22-26,28-37,39H2,(H,55,64)(H,56,65,66)/b21-17+. The van der Waals surface area contributed by atoms with E-state index in [4.69, 9.17) is 0 Å². The Morgan fingerprint density at radius 1 is 0.809 bits per heavy atom. The Hall–Kier alpha value is -5.98. The number of likely N-dealkylation sites (tertiary alicyclic amines) is 1. The summed E-state index contributed by atoms with van der Waals surface area (Å²) in [5.74, 6) is 7.11.